The number of anilines is 1. The van der Waals surface area contributed by atoms with E-state index in [0.717, 1.165) is 5.69 Å². The number of methoxy groups -OCH3 is 1. The number of piperazine rings is 1. The first-order valence-corrected chi connectivity index (χ1v) is 8.19. The highest BCUT2D eigenvalue weighted by atomic mass is 16.6. The molecule has 1 saturated heterocycles. The van der Waals surface area contributed by atoms with Crippen LogP contribution in [-0.2, 0) is 9.47 Å². The summed E-state index contributed by atoms with van der Waals surface area (Å²) in [5, 5.41) is 10.8. The first-order chi connectivity index (χ1) is 11.7. The lowest BCUT2D eigenvalue weighted by molar-refractivity contribution is -0.384. The molecule has 8 heteroatoms. The van der Waals surface area contributed by atoms with E-state index in [0.29, 0.717) is 26.2 Å². The number of carbonyl (C=O) groups excluding carboxylic acids is 1. The number of non-ortho nitro benzene ring substituents is 1. The minimum atomic E-state index is -0.538. The minimum absolute atomic E-state index is 0.0484. The van der Waals surface area contributed by atoms with Gasteiger partial charge < -0.3 is 19.3 Å². The van der Waals surface area contributed by atoms with Crippen molar-refractivity contribution in [1.82, 2.24) is 4.90 Å². The number of hydrogen-bond acceptors (Lipinski definition) is 6. The average Bonchev–Trinajstić information content (AvgIpc) is 2.53. The molecule has 0 saturated carbocycles. The van der Waals surface area contributed by atoms with Crippen LogP contribution >= 0.6 is 0 Å². The second kappa shape index (κ2) is 7.69. The van der Waals surface area contributed by atoms with Crippen molar-refractivity contribution in [3.05, 3.63) is 34.4 Å². The van der Waals surface area contributed by atoms with Crippen molar-refractivity contribution >= 4 is 17.5 Å². The van der Waals surface area contributed by atoms with E-state index < -0.39 is 10.5 Å². The van der Waals surface area contributed by atoms with Crippen LogP contribution in [-0.4, -0.2) is 60.9 Å². The van der Waals surface area contributed by atoms with Crippen LogP contribution in [0.3, 0.4) is 0 Å². The standard InChI is InChI=1S/C17H25N3O5/c1-17(2,3)25-16(21)18-9-10-19(15(11-18)12-24-4)13-5-7-14(8-6-13)20(22)23/h5-8,15H,9-12H2,1-4H3/t15-/m0/s1. The number of benzene rings is 1. The zero-order chi connectivity index (χ0) is 18.6. The molecule has 0 radical (unpaired) electrons. The van der Waals surface area contributed by atoms with Crippen LogP contribution < -0.4 is 4.90 Å². The number of nitrogens with zero attached hydrogens (tertiary/aromatic N) is 3. The smallest absolute Gasteiger partial charge is 0.410 e. The molecule has 1 aromatic rings. The topological polar surface area (TPSA) is 85.1 Å². The molecule has 0 aliphatic carbocycles. The molecule has 0 bridgehead atoms. The Hall–Kier alpha value is -2.35. The van der Waals surface area contributed by atoms with Gasteiger partial charge in [-0.3, -0.25) is 10.1 Å². The van der Waals surface area contributed by atoms with E-state index >= 15 is 0 Å². The highest BCUT2D eigenvalue weighted by Crippen LogP contribution is 2.24. The van der Waals surface area contributed by atoms with Gasteiger partial charge in [-0.25, -0.2) is 4.79 Å². The average molecular weight is 351 g/mol. The predicted octanol–water partition coefficient (Wildman–Crippen LogP) is 2.67. The summed E-state index contributed by atoms with van der Waals surface area (Å²) in [6, 6.07) is 6.37. The van der Waals surface area contributed by atoms with Gasteiger partial charge in [-0.15, -0.1) is 0 Å². The third-order valence-corrected chi connectivity index (χ3v) is 3.89. The number of rotatable bonds is 4. The zero-order valence-electron chi connectivity index (χ0n) is 15.1. The van der Waals surface area contributed by atoms with E-state index in [1.165, 1.54) is 12.1 Å². The quantitative estimate of drug-likeness (QED) is 0.612. The van der Waals surface area contributed by atoms with Gasteiger partial charge in [0, 0.05) is 44.6 Å². The lowest BCUT2D eigenvalue weighted by Crippen LogP contribution is -2.57. The molecule has 1 atom stereocenters. The molecule has 138 valence electrons. The fraction of sp³-hybridized carbons (Fsp3) is 0.588. The van der Waals surface area contributed by atoms with Gasteiger partial charge >= 0.3 is 6.09 Å². The van der Waals surface area contributed by atoms with E-state index in [-0.39, 0.29) is 17.8 Å². The van der Waals surface area contributed by atoms with Gasteiger partial charge in [0.05, 0.1) is 17.6 Å². The summed E-state index contributed by atoms with van der Waals surface area (Å²) in [5.74, 6) is 0. The first kappa shape index (κ1) is 19.0. The summed E-state index contributed by atoms with van der Waals surface area (Å²) < 4.78 is 10.7. The molecular weight excluding hydrogens is 326 g/mol. The summed E-state index contributed by atoms with van der Waals surface area (Å²) in [4.78, 5) is 26.5. The Morgan fingerprint density at radius 1 is 1.28 bits per heavy atom. The van der Waals surface area contributed by atoms with E-state index in [1.807, 2.05) is 20.8 Å². The van der Waals surface area contributed by atoms with Gasteiger partial charge in [-0.05, 0) is 32.9 Å². The van der Waals surface area contributed by atoms with Crippen LogP contribution in [0.25, 0.3) is 0 Å². The molecule has 25 heavy (non-hydrogen) atoms. The maximum Gasteiger partial charge on any atom is 0.410 e. The maximum absolute atomic E-state index is 12.3. The number of hydrogen-bond donors (Lipinski definition) is 0. The van der Waals surface area contributed by atoms with Gasteiger partial charge in [0.1, 0.15) is 5.60 Å². The van der Waals surface area contributed by atoms with Crippen molar-refractivity contribution < 1.29 is 19.2 Å². The zero-order valence-corrected chi connectivity index (χ0v) is 15.1. The fourth-order valence-electron chi connectivity index (χ4n) is 2.79. The van der Waals surface area contributed by atoms with Gasteiger partial charge in [-0.1, -0.05) is 0 Å². The van der Waals surface area contributed by atoms with Crippen LogP contribution in [0.15, 0.2) is 24.3 Å². The van der Waals surface area contributed by atoms with Gasteiger partial charge in [0.2, 0.25) is 0 Å². The van der Waals surface area contributed by atoms with Gasteiger partial charge in [-0.2, -0.15) is 0 Å². The Bertz CT molecular complexity index is 612. The van der Waals surface area contributed by atoms with Crippen LogP contribution in [0.1, 0.15) is 20.8 Å². The highest BCUT2D eigenvalue weighted by molar-refractivity contribution is 5.69. The molecule has 1 aromatic carbocycles. The lowest BCUT2D eigenvalue weighted by atomic mass is 10.1. The summed E-state index contributed by atoms with van der Waals surface area (Å²) in [7, 11) is 1.61. The molecule has 1 heterocycles. The summed E-state index contributed by atoms with van der Waals surface area (Å²) in [6.45, 7) is 7.55. The summed E-state index contributed by atoms with van der Waals surface area (Å²) >= 11 is 0. The molecule has 1 amide bonds. The van der Waals surface area contributed by atoms with Gasteiger partial charge in [0.15, 0.2) is 0 Å². The Morgan fingerprint density at radius 3 is 2.44 bits per heavy atom. The Kier molecular flexibility index (Phi) is 5.84. The molecule has 8 nitrogen and oxygen atoms in total. The largest absolute Gasteiger partial charge is 0.444 e. The Balaban J connectivity index is 2.11. The fourth-order valence-corrected chi connectivity index (χ4v) is 2.79. The third kappa shape index (κ3) is 5.06. The monoisotopic (exact) mass is 351 g/mol. The van der Waals surface area contributed by atoms with Crippen molar-refractivity contribution in [3.63, 3.8) is 0 Å². The first-order valence-electron chi connectivity index (χ1n) is 8.19. The van der Waals surface area contributed by atoms with Crippen LogP contribution in [0, 0.1) is 10.1 Å². The number of amides is 1. The molecule has 2 rings (SSSR count). The third-order valence-electron chi connectivity index (χ3n) is 3.89. The molecule has 1 aliphatic heterocycles. The molecule has 0 aromatic heterocycles. The van der Waals surface area contributed by atoms with E-state index in [2.05, 4.69) is 4.90 Å². The number of nitro benzene ring substituents is 1. The highest BCUT2D eigenvalue weighted by Gasteiger charge is 2.32. The van der Waals surface area contributed by atoms with E-state index in [1.54, 1.807) is 24.1 Å². The second-order valence-electron chi connectivity index (χ2n) is 7.00. The molecule has 0 N–H and O–H groups in total. The van der Waals surface area contributed by atoms with Crippen LogP contribution in [0.4, 0.5) is 16.2 Å². The Labute approximate surface area is 147 Å². The SMILES string of the molecule is COC[C@@H]1CN(C(=O)OC(C)(C)C)CCN1c1ccc([N+](=O)[O-])cc1. The number of nitro groups is 1. The minimum Gasteiger partial charge on any atom is -0.444 e. The van der Waals surface area contributed by atoms with Crippen molar-refractivity contribution in [1.29, 1.82) is 0 Å². The van der Waals surface area contributed by atoms with Crippen molar-refractivity contribution in [2.75, 3.05) is 38.3 Å². The molecule has 0 spiro atoms. The van der Waals surface area contributed by atoms with Gasteiger partial charge in [0.25, 0.3) is 5.69 Å². The van der Waals surface area contributed by atoms with Crippen molar-refractivity contribution in [2.24, 2.45) is 0 Å². The van der Waals surface area contributed by atoms with E-state index in [9.17, 15) is 14.9 Å². The van der Waals surface area contributed by atoms with Crippen LogP contribution in [0.5, 0.6) is 0 Å². The lowest BCUT2D eigenvalue weighted by Gasteiger charge is -2.42. The molecule has 1 aliphatic rings. The normalized spacial score (nSPS) is 18.2. The summed E-state index contributed by atoms with van der Waals surface area (Å²) in [6.07, 6.45) is -0.336. The number of carbonyl (C=O) groups is 1. The van der Waals surface area contributed by atoms with Crippen molar-refractivity contribution in [3.8, 4) is 0 Å². The maximum atomic E-state index is 12.3. The van der Waals surface area contributed by atoms with Crippen molar-refractivity contribution in [2.45, 2.75) is 32.4 Å². The van der Waals surface area contributed by atoms with Crippen LogP contribution in [0.2, 0.25) is 0 Å². The number of ether oxygens (including phenoxy) is 2. The molecular formula is C17H25N3O5. The molecule has 1 fully saturated rings. The molecule has 0 unspecified atom stereocenters. The predicted molar refractivity (Wildman–Crippen MR) is 93.9 cm³/mol. The second-order valence-corrected chi connectivity index (χ2v) is 7.00. The summed E-state index contributed by atoms with van der Waals surface area (Å²) in [5.41, 5.74) is 0.388. The Morgan fingerprint density at radius 2 is 1.92 bits per heavy atom. The van der Waals surface area contributed by atoms with E-state index in [4.69, 9.17) is 9.47 Å².